The standard InChI is InChI=1S/C14H19N3O2/c1-11(18)16-8-6-13-5-3-9-17(13)14(19)12-4-2-7-15-10-12/h2,4,7,10,13H,3,5-6,8-9H2,1H3,(H,16,18)/t13-/m1/s1. The molecule has 5 heteroatoms. The molecule has 1 atom stereocenters. The van der Waals surface area contributed by atoms with E-state index in [-0.39, 0.29) is 17.9 Å². The van der Waals surface area contributed by atoms with E-state index in [0.29, 0.717) is 12.1 Å². The minimum absolute atomic E-state index is 0.0249. The summed E-state index contributed by atoms with van der Waals surface area (Å²) in [5.74, 6) is 0.0153. The number of rotatable bonds is 4. The number of pyridine rings is 1. The van der Waals surface area contributed by atoms with E-state index < -0.39 is 0 Å². The lowest BCUT2D eigenvalue weighted by Gasteiger charge is -2.24. The fraction of sp³-hybridized carbons (Fsp3) is 0.500. The van der Waals surface area contributed by atoms with Gasteiger partial charge in [-0.05, 0) is 31.4 Å². The Morgan fingerprint density at radius 1 is 1.53 bits per heavy atom. The number of nitrogens with zero attached hydrogens (tertiary/aromatic N) is 2. The summed E-state index contributed by atoms with van der Waals surface area (Å²) in [6.45, 7) is 2.92. The van der Waals surface area contributed by atoms with Gasteiger partial charge in [0.25, 0.3) is 5.91 Å². The molecule has 102 valence electrons. The quantitative estimate of drug-likeness (QED) is 0.886. The molecular weight excluding hydrogens is 242 g/mol. The van der Waals surface area contributed by atoms with Crippen LogP contribution < -0.4 is 5.32 Å². The van der Waals surface area contributed by atoms with Crippen molar-refractivity contribution in [2.24, 2.45) is 0 Å². The van der Waals surface area contributed by atoms with E-state index >= 15 is 0 Å². The highest BCUT2D eigenvalue weighted by Gasteiger charge is 2.28. The summed E-state index contributed by atoms with van der Waals surface area (Å²) in [5.41, 5.74) is 0.633. The monoisotopic (exact) mass is 261 g/mol. The molecule has 1 N–H and O–H groups in total. The molecule has 0 radical (unpaired) electrons. The van der Waals surface area contributed by atoms with Crippen molar-refractivity contribution in [1.29, 1.82) is 0 Å². The number of carbonyl (C=O) groups is 2. The van der Waals surface area contributed by atoms with Crippen molar-refractivity contribution in [3.8, 4) is 0 Å². The molecule has 5 nitrogen and oxygen atoms in total. The Hall–Kier alpha value is -1.91. The Morgan fingerprint density at radius 3 is 3.05 bits per heavy atom. The molecule has 0 bridgehead atoms. The van der Waals surface area contributed by atoms with E-state index in [1.165, 1.54) is 6.92 Å². The smallest absolute Gasteiger partial charge is 0.255 e. The van der Waals surface area contributed by atoms with Crippen LogP contribution in [0.5, 0.6) is 0 Å². The van der Waals surface area contributed by atoms with Crippen molar-refractivity contribution in [3.63, 3.8) is 0 Å². The number of hydrogen-bond acceptors (Lipinski definition) is 3. The minimum Gasteiger partial charge on any atom is -0.356 e. The number of carbonyl (C=O) groups excluding carboxylic acids is 2. The first-order valence-electron chi connectivity index (χ1n) is 6.64. The third-order valence-corrected chi connectivity index (χ3v) is 3.40. The molecule has 0 saturated carbocycles. The zero-order chi connectivity index (χ0) is 13.7. The summed E-state index contributed by atoms with van der Waals surface area (Å²) in [6, 6.07) is 3.79. The molecule has 0 spiro atoms. The highest BCUT2D eigenvalue weighted by Crippen LogP contribution is 2.21. The fourth-order valence-corrected chi connectivity index (χ4v) is 2.47. The molecule has 0 aromatic carbocycles. The first-order chi connectivity index (χ1) is 9.18. The molecular formula is C14H19N3O2. The highest BCUT2D eigenvalue weighted by molar-refractivity contribution is 5.94. The number of hydrogen-bond donors (Lipinski definition) is 1. The van der Waals surface area contributed by atoms with Crippen molar-refractivity contribution < 1.29 is 9.59 Å². The molecule has 19 heavy (non-hydrogen) atoms. The summed E-state index contributed by atoms with van der Waals surface area (Å²) in [4.78, 5) is 29.1. The number of nitrogens with one attached hydrogen (secondary N) is 1. The van der Waals surface area contributed by atoms with Gasteiger partial charge in [-0.25, -0.2) is 0 Å². The summed E-state index contributed by atoms with van der Waals surface area (Å²) in [6.07, 6.45) is 6.11. The second kappa shape index (κ2) is 6.31. The van der Waals surface area contributed by atoms with Crippen molar-refractivity contribution in [2.75, 3.05) is 13.1 Å². The summed E-state index contributed by atoms with van der Waals surface area (Å²) >= 11 is 0. The molecule has 1 aliphatic rings. The van der Waals surface area contributed by atoms with Gasteiger partial charge in [-0.2, -0.15) is 0 Å². The zero-order valence-corrected chi connectivity index (χ0v) is 11.1. The predicted molar refractivity (Wildman–Crippen MR) is 71.6 cm³/mol. The largest absolute Gasteiger partial charge is 0.356 e. The van der Waals surface area contributed by atoms with Crippen LogP contribution >= 0.6 is 0 Å². The van der Waals surface area contributed by atoms with Gasteiger partial charge in [-0.1, -0.05) is 0 Å². The molecule has 2 heterocycles. The topological polar surface area (TPSA) is 62.3 Å². The van der Waals surface area contributed by atoms with Gasteiger partial charge in [0.1, 0.15) is 0 Å². The Kier molecular flexibility index (Phi) is 4.49. The summed E-state index contributed by atoms with van der Waals surface area (Å²) in [7, 11) is 0. The fourth-order valence-electron chi connectivity index (χ4n) is 2.47. The van der Waals surface area contributed by atoms with Crippen molar-refractivity contribution >= 4 is 11.8 Å². The Bertz CT molecular complexity index is 447. The van der Waals surface area contributed by atoms with Crippen LogP contribution in [0.3, 0.4) is 0 Å². The predicted octanol–water partition coefficient (Wildman–Crippen LogP) is 1.21. The third kappa shape index (κ3) is 3.53. The highest BCUT2D eigenvalue weighted by atomic mass is 16.2. The van der Waals surface area contributed by atoms with Gasteiger partial charge in [-0.15, -0.1) is 0 Å². The van der Waals surface area contributed by atoms with Crippen LogP contribution in [0.1, 0.15) is 36.5 Å². The van der Waals surface area contributed by atoms with Crippen LogP contribution in [0.2, 0.25) is 0 Å². The van der Waals surface area contributed by atoms with E-state index in [0.717, 1.165) is 25.8 Å². The van der Waals surface area contributed by atoms with Crippen molar-refractivity contribution in [1.82, 2.24) is 15.2 Å². The van der Waals surface area contributed by atoms with Gasteiger partial charge in [0.2, 0.25) is 5.91 Å². The number of amides is 2. The Labute approximate surface area is 113 Å². The molecule has 1 aromatic heterocycles. The lowest BCUT2D eigenvalue weighted by Crippen LogP contribution is -2.37. The molecule has 0 unspecified atom stereocenters. The maximum atomic E-state index is 12.4. The van der Waals surface area contributed by atoms with Gasteiger partial charge in [-0.3, -0.25) is 14.6 Å². The van der Waals surface area contributed by atoms with Gasteiger partial charge in [0.15, 0.2) is 0 Å². The second-order valence-electron chi connectivity index (χ2n) is 4.81. The zero-order valence-electron chi connectivity index (χ0n) is 11.1. The van der Waals surface area contributed by atoms with E-state index in [9.17, 15) is 9.59 Å². The van der Waals surface area contributed by atoms with Crippen LogP contribution in [0.15, 0.2) is 24.5 Å². The SMILES string of the molecule is CC(=O)NCC[C@H]1CCCN1C(=O)c1cccnc1. The summed E-state index contributed by atoms with van der Waals surface area (Å²) in [5, 5.41) is 2.78. The van der Waals surface area contributed by atoms with Gasteiger partial charge in [0, 0.05) is 38.4 Å². The van der Waals surface area contributed by atoms with Crippen LogP contribution in [-0.2, 0) is 4.79 Å². The van der Waals surface area contributed by atoms with Crippen molar-refractivity contribution in [2.45, 2.75) is 32.2 Å². The number of likely N-dealkylation sites (tertiary alicyclic amines) is 1. The maximum Gasteiger partial charge on any atom is 0.255 e. The van der Waals surface area contributed by atoms with E-state index in [4.69, 9.17) is 0 Å². The molecule has 1 aromatic rings. The molecule has 0 aliphatic carbocycles. The lowest BCUT2D eigenvalue weighted by atomic mass is 10.1. The third-order valence-electron chi connectivity index (χ3n) is 3.40. The van der Waals surface area contributed by atoms with Gasteiger partial charge < -0.3 is 10.2 Å². The molecule has 1 fully saturated rings. The van der Waals surface area contributed by atoms with Gasteiger partial charge >= 0.3 is 0 Å². The first-order valence-corrected chi connectivity index (χ1v) is 6.64. The van der Waals surface area contributed by atoms with E-state index in [1.54, 1.807) is 24.5 Å². The van der Waals surface area contributed by atoms with Gasteiger partial charge in [0.05, 0.1) is 5.56 Å². The molecule has 2 amide bonds. The second-order valence-corrected chi connectivity index (χ2v) is 4.81. The first kappa shape index (κ1) is 13.5. The molecule has 2 rings (SSSR count). The van der Waals surface area contributed by atoms with Crippen LogP contribution in [0, 0.1) is 0 Å². The Morgan fingerprint density at radius 2 is 2.37 bits per heavy atom. The lowest BCUT2D eigenvalue weighted by molar-refractivity contribution is -0.118. The van der Waals surface area contributed by atoms with Crippen LogP contribution in [0.4, 0.5) is 0 Å². The average molecular weight is 261 g/mol. The van der Waals surface area contributed by atoms with Crippen LogP contribution in [-0.4, -0.2) is 40.8 Å². The maximum absolute atomic E-state index is 12.4. The number of aromatic nitrogens is 1. The normalized spacial score (nSPS) is 18.4. The Balaban J connectivity index is 1.95. The van der Waals surface area contributed by atoms with E-state index in [1.807, 2.05) is 4.90 Å². The average Bonchev–Trinajstić information content (AvgIpc) is 2.87. The van der Waals surface area contributed by atoms with E-state index in [2.05, 4.69) is 10.3 Å². The minimum atomic E-state index is -0.0249. The molecule has 1 aliphatic heterocycles. The van der Waals surface area contributed by atoms with Crippen molar-refractivity contribution in [3.05, 3.63) is 30.1 Å². The van der Waals surface area contributed by atoms with Crippen LogP contribution in [0.25, 0.3) is 0 Å². The molecule has 1 saturated heterocycles. The summed E-state index contributed by atoms with van der Waals surface area (Å²) < 4.78 is 0.